The van der Waals surface area contributed by atoms with E-state index >= 15 is 0 Å². The average molecular weight is 130 g/mol. The number of aliphatic imine (C=N–C) groups is 2. The molecule has 1 rings (SSSR count). The molecule has 0 spiro atoms. The Labute approximate surface area is 51.5 Å². The van der Waals surface area contributed by atoms with Gasteiger partial charge in [-0.15, -0.1) is 0 Å². The standard InChI is InChI=1S/C4H7FN4/c5-2-3(6)8-1-9-4(2)7/h1-3H,6H2,(H2,7,8,9). The first-order valence-corrected chi connectivity index (χ1v) is 2.46. The van der Waals surface area contributed by atoms with Gasteiger partial charge in [0.25, 0.3) is 0 Å². The normalized spacial score (nSPS) is 34.2. The molecule has 0 aliphatic carbocycles. The van der Waals surface area contributed by atoms with Gasteiger partial charge in [0.2, 0.25) is 0 Å². The molecule has 0 saturated carbocycles. The highest BCUT2D eigenvalue weighted by Gasteiger charge is 2.21. The average Bonchev–Trinajstić information content (AvgIpc) is 1.83. The quantitative estimate of drug-likeness (QED) is 0.441. The van der Waals surface area contributed by atoms with Crippen LogP contribution in [0, 0.1) is 0 Å². The summed E-state index contributed by atoms with van der Waals surface area (Å²) in [6.45, 7) is 0. The van der Waals surface area contributed by atoms with Gasteiger partial charge in [0.15, 0.2) is 6.17 Å². The molecule has 9 heavy (non-hydrogen) atoms. The van der Waals surface area contributed by atoms with E-state index in [1.807, 2.05) is 0 Å². The first kappa shape index (κ1) is 6.15. The molecule has 0 amide bonds. The maximum absolute atomic E-state index is 12.5. The zero-order valence-corrected chi connectivity index (χ0v) is 4.66. The van der Waals surface area contributed by atoms with Crippen molar-refractivity contribution in [2.75, 3.05) is 0 Å². The highest BCUT2D eigenvalue weighted by atomic mass is 19.1. The second kappa shape index (κ2) is 2.10. The smallest absolute Gasteiger partial charge is 0.192 e. The van der Waals surface area contributed by atoms with Crippen LogP contribution in [-0.2, 0) is 0 Å². The van der Waals surface area contributed by atoms with Crippen LogP contribution in [0.2, 0.25) is 0 Å². The number of hydrogen-bond donors (Lipinski definition) is 2. The third kappa shape index (κ3) is 1.05. The Hall–Kier alpha value is -0.970. The fourth-order valence-corrected chi connectivity index (χ4v) is 0.499. The van der Waals surface area contributed by atoms with Crippen molar-refractivity contribution in [2.45, 2.75) is 12.3 Å². The molecule has 0 radical (unpaired) electrons. The van der Waals surface area contributed by atoms with Gasteiger partial charge in [-0.1, -0.05) is 0 Å². The molecule has 4 N–H and O–H groups in total. The molecule has 1 heterocycles. The Kier molecular flexibility index (Phi) is 1.44. The summed E-state index contributed by atoms with van der Waals surface area (Å²) < 4.78 is 12.5. The fraction of sp³-hybridized carbons (Fsp3) is 0.500. The molecule has 0 aromatic heterocycles. The van der Waals surface area contributed by atoms with Crippen molar-refractivity contribution in [1.82, 2.24) is 0 Å². The summed E-state index contributed by atoms with van der Waals surface area (Å²) in [7, 11) is 0. The molecule has 50 valence electrons. The van der Waals surface area contributed by atoms with Crippen LogP contribution >= 0.6 is 0 Å². The molecule has 0 aromatic carbocycles. The van der Waals surface area contributed by atoms with E-state index in [4.69, 9.17) is 11.5 Å². The third-order valence-corrected chi connectivity index (χ3v) is 1.03. The lowest BCUT2D eigenvalue weighted by atomic mass is 10.3. The highest BCUT2D eigenvalue weighted by Crippen LogP contribution is 2.01. The maximum atomic E-state index is 12.5. The molecule has 0 saturated heterocycles. The molecule has 1 aliphatic heterocycles. The van der Waals surface area contributed by atoms with Crippen molar-refractivity contribution < 1.29 is 4.39 Å². The molecule has 0 aromatic rings. The summed E-state index contributed by atoms with van der Waals surface area (Å²) in [5, 5.41) is 0. The molecular formula is C4H7FN4. The summed E-state index contributed by atoms with van der Waals surface area (Å²) in [5.41, 5.74) is 10.2. The van der Waals surface area contributed by atoms with Gasteiger partial charge in [0, 0.05) is 0 Å². The van der Waals surface area contributed by atoms with E-state index in [2.05, 4.69) is 9.98 Å². The van der Waals surface area contributed by atoms with Gasteiger partial charge in [-0.05, 0) is 0 Å². The molecule has 1 aliphatic rings. The highest BCUT2D eigenvalue weighted by molar-refractivity contribution is 5.92. The monoisotopic (exact) mass is 130 g/mol. The lowest BCUT2D eigenvalue weighted by Gasteiger charge is -2.13. The molecule has 0 fully saturated rings. The van der Waals surface area contributed by atoms with Gasteiger partial charge in [-0.2, -0.15) is 0 Å². The van der Waals surface area contributed by atoms with E-state index in [-0.39, 0.29) is 5.84 Å². The molecule has 4 nitrogen and oxygen atoms in total. The van der Waals surface area contributed by atoms with Crippen molar-refractivity contribution in [3.8, 4) is 0 Å². The predicted octanol–water partition coefficient (Wildman–Crippen LogP) is -0.992. The predicted molar refractivity (Wildman–Crippen MR) is 33.0 cm³/mol. The second-order valence-corrected chi connectivity index (χ2v) is 1.71. The minimum atomic E-state index is -1.42. The van der Waals surface area contributed by atoms with Gasteiger partial charge in [0.05, 0.1) is 0 Å². The van der Waals surface area contributed by atoms with E-state index in [0.29, 0.717) is 0 Å². The lowest BCUT2D eigenvalue weighted by molar-refractivity contribution is 0.364. The van der Waals surface area contributed by atoms with E-state index in [0.717, 1.165) is 6.34 Å². The topological polar surface area (TPSA) is 76.8 Å². The summed E-state index contributed by atoms with van der Waals surface area (Å²) in [5.74, 6) is -0.0995. The van der Waals surface area contributed by atoms with Crippen molar-refractivity contribution in [3.63, 3.8) is 0 Å². The van der Waals surface area contributed by atoms with Crippen molar-refractivity contribution >= 4 is 12.2 Å². The summed E-state index contributed by atoms with van der Waals surface area (Å²) in [4.78, 5) is 6.88. The van der Waals surface area contributed by atoms with Crippen LogP contribution in [0.5, 0.6) is 0 Å². The molecule has 0 bridgehead atoms. The van der Waals surface area contributed by atoms with Crippen molar-refractivity contribution in [2.24, 2.45) is 21.5 Å². The number of amidine groups is 1. The minimum Gasteiger partial charge on any atom is -0.385 e. The zero-order chi connectivity index (χ0) is 6.85. The van der Waals surface area contributed by atoms with E-state index < -0.39 is 12.3 Å². The van der Waals surface area contributed by atoms with Crippen molar-refractivity contribution in [1.29, 1.82) is 0 Å². The molecular weight excluding hydrogens is 123 g/mol. The Balaban J connectivity index is 2.73. The molecule has 2 atom stereocenters. The third-order valence-electron chi connectivity index (χ3n) is 1.03. The van der Waals surface area contributed by atoms with Crippen molar-refractivity contribution in [3.05, 3.63) is 0 Å². The number of hydrogen-bond acceptors (Lipinski definition) is 4. The second-order valence-electron chi connectivity index (χ2n) is 1.71. The van der Waals surface area contributed by atoms with Gasteiger partial charge in [-0.25, -0.2) is 9.38 Å². The number of alkyl halides is 1. The Morgan fingerprint density at radius 3 is 2.78 bits per heavy atom. The Morgan fingerprint density at radius 2 is 2.33 bits per heavy atom. The summed E-state index contributed by atoms with van der Waals surface area (Å²) >= 11 is 0. The van der Waals surface area contributed by atoms with E-state index in [1.165, 1.54) is 0 Å². The van der Waals surface area contributed by atoms with Crippen LogP contribution in [-0.4, -0.2) is 24.5 Å². The molecule has 5 heteroatoms. The number of nitrogens with zero attached hydrogens (tertiary/aromatic N) is 2. The number of nitrogens with two attached hydrogens (primary N) is 2. The van der Waals surface area contributed by atoms with Crippen LogP contribution in [0.1, 0.15) is 0 Å². The largest absolute Gasteiger partial charge is 0.385 e. The number of rotatable bonds is 0. The van der Waals surface area contributed by atoms with Crippen LogP contribution in [0.4, 0.5) is 4.39 Å². The molecule has 2 unspecified atom stereocenters. The van der Waals surface area contributed by atoms with Gasteiger partial charge in [0.1, 0.15) is 18.3 Å². The Bertz CT molecular complexity index is 164. The first-order valence-electron chi connectivity index (χ1n) is 2.46. The summed E-state index contributed by atoms with van der Waals surface area (Å²) in [6, 6.07) is 0. The van der Waals surface area contributed by atoms with Gasteiger partial charge >= 0.3 is 0 Å². The van der Waals surface area contributed by atoms with Gasteiger partial charge < -0.3 is 11.5 Å². The van der Waals surface area contributed by atoms with Crippen LogP contribution in [0.25, 0.3) is 0 Å². The minimum absolute atomic E-state index is 0.0995. The summed E-state index contributed by atoms with van der Waals surface area (Å²) in [6.07, 6.45) is -1.13. The van der Waals surface area contributed by atoms with Gasteiger partial charge in [-0.3, -0.25) is 4.99 Å². The fourth-order valence-electron chi connectivity index (χ4n) is 0.499. The maximum Gasteiger partial charge on any atom is 0.192 e. The zero-order valence-electron chi connectivity index (χ0n) is 4.66. The van der Waals surface area contributed by atoms with Crippen LogP contribution in [0.15, 0.2) is 9.98 Å². The van der Waals surface area contributed by atoms with E-state index in [1.54, 1.807) is 0 Å². The number of halogens is 1. The SMILES string of the molecule is NC1=NC=NC(N)C1F. The van der Waals surface area contributed by atoms with E-state index in [9.17, 15) is 4.39 Å². The first-order chi connectivity index (χ1) is 4.22. The van der Waals surface area contributed by atoms with Crippen LogP contribution in [0.3, 0.4) is 0 Å². The Morgan fingerprint density at radius 1 is 1.67 bits per heavy atom. The van der Waals surface area contributed by atoms with Crippen LogP contribution < -0.4 is 11.5 Å². The lowest BCUT2D eigenvalue weighted by Crippen LogP contribution is -2.42.